The molecule has 0 aromatic heterocycles. The Kier molecular flexibility index (Phi) is 5.94. The third-order valence-corrected chi connectivity index (χ3v) is 3.89. The van der Waals surface area contributed by atoms with Gasteiger partial charge in [-0.05, 0) is 70.1 Å². The van der Waals surface area contributed by atoms with Crippen LogP contribution in [0.15, 0.2) is 59.3 Å². The van der Waals surface area contributed by atoms with E-state index in [1.807, 2.05) is 6.92 Å². The smallest absolute Gasteiger partial charge is 0.185 e. The maximum absolute atomic E-state index is 12.0. The van der Waals surface area contributed by atoms with E-state index in [0.717, 1.165) is 48.8 Å². The third kappa shape index (κ3) is 3.93. The van der Waals surface area contributed by atoms with Gasteiger partial charge in [-0.25, -0.2) is 0 Å². The van der Waals surface area contributed by atoms with E-state index in [1.54, 1.807) is 0 Å². The Morgan fingerprint density at radius 3 is 2.40 bits per heavy atom. The zero-order valence-electron chi connectivity index (χ0n) is 13.1. The Hall–Kier alpha value is -1.63. The largest absolute Gasteiger partial charge is 0.289 e. The van der Waals surface area contributed by atoms with Crippen LogP contribution in [0.3, 0.4) is 0 Å². The van der Waals surface area contributed by atoms with E-state index in [-0.39, 0.29) is 5.78 Å². The fourth-order valence-corrected chi connectivity index (χ4v) is 2.88. The molecule has 0 saturated carbocycles. The van der Waals surface area contributed by atoms with E-state index in [1.165, 1.54) is 22.8 Å². The van der Waals surface area contributed by atoms with E-state index in [9.17, 15) is 4.79 Å². The molecule has 0 heterocycles. The zero-order chi connectivity index (χ0) is 15.3. The summed E-state index contributed by atoms with van der Waals surface area (Å²) in [6.45, 7) is 18.0. The Morgan fingerprint density at radius 1 is 1.25 bits per heavy atom. The van der Waals surface area contributed by atoms with Gasteiger partial charge in [-0.2, -0.15) is 0 Å². The highest BCUT2D eigenvalue weighted by Gasteiger charge is 2.20. The number of hydrogen-bond acceptors (Lipinski definition) is 1. The average Bonchev–Trinajstić information content (AvgIpc) is 2.37. The molecule has 1 nitrogen and oxygen atoms in total. The molecule has 0 aliphatic heterocycles. The van der Waals surface area contributed by atoms with Crippen LogP contribution in [-0.4, -0.2) is 5.78 Å². The summed E-state index contributed by atoms with van der Waals surface area (Å²) in [7, 11) is 0. The van der Waals surface area contributed by atoms with Crippen molar-refractivity contribution in [1.29, 1.82) is 0 Å². The Morgan fingerprint density at radius 2 is 1.90 bits per heavy atom. The molecule has 0 saturated heterocycles. The number of hydrogen-bond donors (Lipinski definition) is 0. The molecular formula is C19H26O. The molecule has 0 amide bonds. The average molecular weight is 270 g/mol. The molecule has 1 heteroatoms. The van der Waals surface area contributed by atoms with Gasteiger partial charge >= 0.3 is 0 Å². The maximum atomic E-state index is 12.0. The molecule has 1 rings (SSSR count). The molecule has 0 aromatic carbocycles. The molecule has 0 fully saturated rings. The molecule has 0 unspecified atom stereocenters. The molecule has 1 aliphatic rings. The predicted octanol–water partition coefficient (Wildman–Crippen LogP) is 5.47. The minimum Gasteiger partial charge on any atom is -0.289 e. The van der Waals surface area contributed by atoms with E-state index >= 15 is 0 Å². The van der Waals surface area contributed by atoms with Gasteiger partial charge in [-0.15, -0.1) is 0 Å². The van der Waals surface area contributed by atoms with Gasteiger partial charge in [0.15, 0.2) is 5.78 Å². The monoisotopic (exact) mass is 270 g/mol. The Balaban J connectivity index is 3.00. The first-order valence-corrected chi connectivity index (χ1v) is 7.27. The summed E-state index contributed by atoms with van der Waals surface area (Å²) >= 11 is 0. The first-order valence-electron chi connectivity index (χ1n) is 7.27. The lowest BCUT2D eigenvalue weighted by Crippen LogP contribution is -2.10. The first-order chi connectivity index (χ1) is 9.38. The number of ketones is 1. The van der Waals surface area contributed by atoms with Crippen LogP contribution in [0, 0.1) is 0 Å². The summed E-state index contributed by atoms with van der Waals surface area (Å²) in [5.74, 6) is 0.0266. The van der Waals surface area contributed by atoms with Gasteiger partial charge < -0.3 is 0 Å². The highest BCUT2D eigenvalue weighted by molar-refractivity contribution is 6.07. The highest BCUT2D eigenvalue weighted by atomic mass is 16.1. The van der Waals surface area contributed by atoms with Crippen molar-refractivity contribution in [3.63, 3.8) is 0 Å². The van der Waals surface area contributed by atoms with Gasteiger partial charge in [0.1, 0.15) is 0 Å². The Bertz CT molecular complexity index is 508. The standard InChI is InChI=1S/C19H26O/c1-7-18(20)19-15(6)9-8-10-16(19)11-12-17(13(2)3)14(4)5/h7H,1-2,6,8-12H2,3-5H3. The highest BCUT2D eigenvalue weighted by Crippen LogP contribution is 2.33. The van der Waals surface area contributed by atoms with Gasteiger partial charge in [0.25, 0.3) is 0 Å². The van der Waals surface area contributed by atoms with Gasteiger partial charge in [-0.3, -0.25) is 4.79 Å². The minimum atomic E-state index is 0.0266. The fraction of sp³-hybridized carbons (Fsp3) is 0.421. The van der Waals surface area contributed by atoms with E-state index in [2.05, 4.69) is 33.6 Å². The number of carbonyl (C=O) groups is 1. The van der Waals surface area contributed by atoms with Crippen molar-refractivity contribution in [3.8, 4) is 0 Å². The van der Waals surface area contributed by atoms with E-state index < -0.39 is 0 Å². The van der Waals surface area contributed by atoms with E-state index in [4.69, 9.17) is 0 Å². The van der Waals surface area contributed by atoms with Crippen molar-refractivity contribution in [2.24, 2.45) is 0 Å². The van der Waals surface area contributed by atoms with Crippen LogP contribution in [0.2, 0.25) is 0 Å². The van der Waals surface area contributed by atoms with Crippen molar-refractivity contribution < 1.29 is 4.79 Å². The first kappa shape index (κ1) is 16.4. The number of rotatable bonds is 6. The van der Waals surface area contributed by atoms with Gasteiger partial charge in [0.2, 0.25) is 0 Å². The molecule has 20 heavy (non-hydrogen) atoms. The third-order valence-electron chi connectivity index (χ3n) is 3.89. The lowest BCUT2D eigenvalue weighted by atomic mass is 9.82. The fourth-order valence-electron chi connectivity index (χ4n) is 2.88. The number of allylic oxidation sites excluding steroid dienone is 7. The molecule has 1 aliphatic carbocycles. The quantitative estimate of drug-likeness (QED) is 0.462. The van der Waals surface area contributed by atoms with Gasteiger partial charge in [0, 0.05) is 5.57 Å². The summed E-state index contributed by atoms with van der Waals surface area (Å²) in [6.07, 6.45) is 6.30. The normalized spacial score (nSPS) is 15.1. The summed E-state index contributed by atoms with van der Waals surface area (Å²) in [6, 6.07) is 0. The molecular weight excluding hydrogens is 244 g/mol. The van der Waals surface area contributed by atoms with Crippen LogP contribution in [-0.2, 0) is 4.79 Å². The van der Waals surface area contributed by atoms with Crippen molar-refractivity contribution >= 4 is 5.78 Å². The predicted molar refractivity (Wildman–Crippen MR) is 87.6 cm³/mol. The summed E-state index contributed by atoms with van der Waals surface area (Å²) < 4.78 is 0. The molecule has 0 aromatic rings. The van der Waals surface area contributed by atoms with Crippen LogP contribution in [0.4, 0.5) is 0 Å². The molecule has 0 spiro atoms. The molecule has 0 atom stereocenters. The SMILES string of the molecule is C=CC(=O)C1=C(CCC(C(=C)C)=C(C)C)CCCC1=C. The van der Waals surface area contributed by atoms with E-state index in [0.29, 0.717) is 0 Å². The molecule has 108 valence electrons. The van der Waals surface area contributed by atoms with Crippen LogP contribution in [0.5, 0.6) is 0 Å². The van der Waals surface area contributed by atoms with Crippen molar-refractivity contribution in [2.45, 2.75) is 52.9 Å². The van der Waals surface area contributed by atoms with Crippen LogP contribution in [0.1, 0.15) is 52.9 Å². The second-order valence-corrected chi connectivity index (χ2v) is 5.76. The summed E-state index contributed by atoms with van der Waals surface area (Å²) in [5, 5.41) is 0. The maximum Gasteiger partial charge on any atom is 0.185 e. The molecule has 0 N–H and O–H groups in total. The van der Waals surface area contributed by atoms with Crippen molar-refractivity contribution in [1.82, 2.24) is 0 Å². The summed E-state index contributed by atoms with van der Waals surface area (Å²) in [4.78, 5) is 12.0. The molecule has 0 radical (unpaired) electrons. The lowest BCUT2D eigenvalue weighted by Gasteiger charge is -2.22. The van der Waals surface area contributed by atoms with Crippen LogP contribution >= 0.6 is 0 Å². The van der Waals surface area contributed by atoms with Gasteiger partial charge in [0.05, 0.1) is 0 Å². The second-order valence-electron chi connectivity index (χ2n) is 5.76. The minimum absolute atomic E-state index is 0.0266. The lowest BCUT2D eigenvalue weighted by molar-refractivity contribution is -0.111. The van der Waals surface area contributed by atoms with Crippen molar-refractivity contribution in [2.75, 3.05) is 0 Å². The Labute approximate surface area is 123 Å². The van der Waals surface area contributed by atoms with Crippen molar-refractivity contribution in [3.05, 3.63) is 59.3 Å². The van der Waals surface area contributed by atoms with Crippen LogP contribution < -0.4 is 0 Å². The van der Waals surface area contributed by atoms with Crippen LogP contribution in [0.25, 0.3) is 0 Å². The van der Waals surface area contributed by atoms with Gasteiger partial charge in [-0.1, -0.05) is 36.5 Å². The number of carbonyl (C=O) groups excluding carboxylic acids is 1. The topological polar surface area (TPSA) is 17.1 Å². The summed E-state index contributed by atoms with van der Waals surface area (Å²) in [5.41, 5.74) is 6.80. The molecule has 0 bridgehead atoms. The zero-order valence-corrected chi connectivity index (χ0v) is 13.1. The second kappa shape index (κ2) is 7.23.